The predicted octanol–water partition coefficient (Wildman–Crippen LogP) is 1.96. The highest BCUT2D eigenvalue weighted by Gasteiger charge is 2.40. The Morgan fingerprint density at radius 3 is 2.87 bits per heavy atom. The second-order valence-electron chi connectivity index (χ2n) is 6.15. The molecule has 3 N–H and O–H groups in total. The number of fused-ring (bicyclic) bond motifs is 1. The van der Waals surface area contributed by atoms with Gasteiger partial charge in [-0.3, -0.25) is 14.9 Å². The molecule has 7 heteroatoms. The van der Waals surface area contributed by atoms with Crippen LogP contribution in [0.15, 0.2) is 30.5 Å². The van der Waals surface area contributed by atoms with E-state index in [-0.39, 0.29) is 23.8 Å². The fourth-order valence-electron chi connectivity index (χ4n) is 3.64. The van der Waals surface area contributed by atoms with Gasteiger partial charge in [-0.2, -0.15) is 5.10 Å². The van der Waals surface area contributed by atoms with Gasteiger partial charge in [0, 0.05) is 42.4 Å². The zero-order chi connectivity index (χ0) is 16.0. The molecule has 3 heterocycles. The van der Waals surface area contributed by atoms with Gasteiger partial charge in [0.25, 0.3) is 0 Å². The number of aryl methyl sites for hydroxylation is 1. The van der Waals surface area contributed by atoms with Crippen LogP contribution < -0.4 is 16.2 Å². The molecule has 6 nitrogen and oxygen atoms in total. The first-order valence-electron chi connectivity index (χ1n) is 7.69. The quantitative estimate of drug-likeness (QED) is 0.787. The van der Waals surface area contributed by atoms with E-state index < -0.39 is 0 Å². The molecule has 0 bridgehead atoms. The Morgan fingerprint density at radius 1 is 1.30 bits per heavy atom. The van der Waals surface area contributed by atoms with E-state index in [1.165, 1.54) is 5.56 Å². The van der Waals surface area contributed by atoms with Gasteiger partial charge in [0.15, 0.2) is 0 Å². The van der Waals surface area contributed by atoms with Gasteiger partial charge in [-0.05, 0) is 17.7 Å². The average Bonchev–Trinajstić information content (AvgIpc) is 3.15. The minimum Gasteiger partial charge on any atom is -0.311 e. The Morgan fingerprint density at radius 2 is 2.09 bits per heavy atom. The minimum absolute atomic E-state index is 0.0489. The molecule has 4 rings (SSSR count). The molecule has 3 unspecified atom stereocenters. The molecular formula is C16H18ClN5O. The Balaban J connectivity index is 1.69. The van der Waals surface area contributed by atoms with Crippen molar-refractivity contribution >= 4 is 23.3 Å². The summed E-state index contributed by atoms with van der Waals surface area (Å²) < 4.78 is 1.73. The standard InChI is InChI=1S/C16H18ClN5O/c1-22-16-13(8-19-22)11(6-14(23)20-16)12-7-18-21-15(12)9-2-4-10(17)5-3-9/h2-5,8,11-12,15,18,21H,6-7H2,1H3,(H,20,23). The molecule has 1 aromatic carbocycles. The first kappa shape index (κ1) is 14.7. The van der Waals surface area contributed by atoms with Crippen molar-refractivity contribution in [2.45, 2.75) is 18.4 Å². The number of nitrogens with one attached hydrogen (secondary N) is 3. The number of hydrogen-bond acceptors (Lipinski definition) is 4. The number of rotatable bonds is 2. The van der Waals surface area contributed by atoms with Crippen molar-refractivity contribution in [3.63, 3.8) is 0 Å². The van der Waals surface area contributed by atoms with Crippen molar-refractivity contribution in [3.05, 3.63) is 46.6 Å². The monoisotopic (exact) mass is 331 g/mol. The topological polar surface area (TPSA) is 71.0 Å². The van der Waals surface area contributed by atoms with E-state index in [2.05, 4.69) is 21.3 Å². The SMILES string of the molecule is Cn1ncc2c1NC(=O)CC2C1CNNC1c1ccc(Cl)cc1. The molecule has 0 aliphatic carbocycles. The number of hydrogen-bond donors (Lipinski definition) is 3. The highest BCUT2D eigenvalue weighted by atomic mass is 35.5. The van der Waals surface area contributed by atoms with Gasteiger partial charge in [0.05, 0.1) is 12.2 Å². The van der Waals surface area contributed by atoms with Crippen LogP contribution in [-0.2, 0) is 11.8 Å². The van der Waals surface area contributed by atoms with E-state index in [1.54, 1.807) is 4.68 Å². The van der Waals surface area contributed by atoms with Crippen molar-refractivity contribution < 1.29 is 4.79 Å². The van der Waals surface area contributed by atoms with Crippen molar-refractivity contribution in [2.75, 3.05) is 11.9 Å². The van der Waals surface area contributed by atoms with Gasteiger partial charge in [-0.15, -0.1) is 0 Å². The second-order valence-corrected chi connectivity index (χ2v) is 6.59. The van der Waals surface area contributed by atoms with Gasteiger partial charge in [-0.1, -0.05) is 23.7 Å². The Kier molecular flexibility index (Phi) is 3.60. The first-order chi connectivity index (χ1) is 11.1. The summed E-state index contributed by atoms with van der Waals surface area (Å²) in [5, 5.41) is 7.96. The van der Waals surface area contributed by atoms with Crippen LogP contribution in [0.2, 0.25) is 5.02 Å². The Labute approximate surface area is 139 Å². The van der Waals surface area contributed by atoms with E-state index in [0.29, 0.717) is 6.42 Å². The molecule has 1 saturated heterocycles. The van der Waals surface area contributed by atoms with E-state index in [1.807, 2.05) is 37.5 Å². The van der Waals surface area contributed by atoms with Crippen LogP contribution in [0.5, 0.6) is 0 Å². The van der Waals surface area contributed by atoms with Crippen LogP contribution in [0.25, 0.3) is 0 Å². The molecule has 3 atom stereocenters. The van der Waals surface area contributed by atoms with Crippen LogP contribution in [-0.4, -0.2) is 22.2 Å². The number of nitrogens with zero attached hydrogens (tertiary/aromatic N) is 2. The lowest BCUT2D eigenvalue weighted by Crippen LogP contribution is -2.31. The Hall–Kier alpha value is -1.89. The average molecular weight is 332 g/mol. The van der Waals surface area contributed by atoms with Gasteiger partial charge in [0.2, 0.25) is 5.91 Å². The Bertz CT molecular complexity index is 741. The normalized spacial score (nSPS) is 26.9. The molecule has 2 aromatic rings. The summed E-state index contributed by atoms with van der Waals surface area (Å²) in [6, 6.07) is 8.00. The van der Waals surface area contributed by atoms with Crippen LogP contribution in [0, 0.1) is 5.92 Å². The largest absolute Gasteiger partial charge is 0.311 e. The second kappa shape index (κ2) is 5.63. The number of amides is 1. The lowest BCUT2D eigenvalue weighted by atomic mass is 9.77. The highest BCUT2D eigenvalue weighted by Crippen LogP contribution is 2.43. The number of carbonyl (C=O) groups is 1. The maximum Gasteiger partial charge on any atom is 0.226 e. The summed E-state index contributed by atoms with van der Waals surface area (Å²) in [6.07, 6.45) is 2.35. The summed E-state index contributed by atoms with van der Waals surface area (Å²) in [4.78, 5) is 12.1. The lowest BCUT2D eigenvalue weighted by molar-refractivity contribution is -0.117. The van der Waals surface area contributed by atoms with Crippen LogP contribution in [0.1, 0.15) is 29.5 Å². The van der Waals surface area contributed by atoms with Crippen molar-refractivity contribution in [2.24, 2.45) is 13.0 Å². The highest BCUT2D eigenvalue weighted by molar-refractivity contribution is 6.30. The molecule has 2 aliphatic rings. The predicted molar refractivity (Wildman–Crippen MR) is 88.0 cm³/mol. The first-order valence-corrected chi connectivity index (χ1v) is 8.07. The summed E-state index contributed by atoms with van der Waals surface area (Å²) in [6.45, 7) is 0.805. The third-order valence-electron chi connectivity index (χ3n) is 4.80. The summed E-state index contributed by atoms with van der Waals surface area (Å²) >= 11 is 5.99. The maximum atomic E-state index is 12.1. The number of halogens is 1. The molecule has 1 aromatic heterocycles. The van der Waals surface area contributed by atoms with Gasteiger partial charge < -0.3 is 5.32 Å². The number of benzene rings is 1. The number of hydrazine groups is 1. The van der Waals surface area contributed by atoms with E-state index in [4.69, 9.17) is 11.6 Å². The zero-order valence-corrected chi connectivity index (χ0v) is 13.5. The molecule has 0 radical (unpaired) electrons. The van der Waals surface area contributed by atoms with Crippen LogP contribution in [0.4, 0.5) is 5.82 Å². The fourth-order valence-corrected chi connectivity index (χ4v) is 3.77. The van der Waals surface area contributed by atoms with Crippen molar-refractivity contribution in [1.29, 1.82) is 0 Å². The lowest BCUT2D eigenvalue weighted by Gasteiger charge is -2.30. The zero-order valence-electron chi connectivity index (χ0n) is 12.7. The van der Waals surface area contributed by atoms with Crippen molar-refractivity contribution in [1.82, 2.24) is 20.6 Å². The molecule has 23 heavy (non-hydrogen) atoms. The molecule has 2 aliphatic heterocycles. The number of anilines is 1. The maximum absolute atomic E-state index is 12.1. The molecule has 120 valence electrons. The van der Waals surface area contributed by atoms with Gasteiger partial charge in [0.1, 0.15) is 5.82 Å². The number of aromatic nitrogens is 2. The molecule has 0 saturated carbocycles. The molecule has 1 fully saturated rings. The van der Waals surface area contributed by atoms with Gasteiger partial charge in [-0.25, -0.2) is 5.43 Å². The van der Waals surface area contributed by atoms with Crippen LogP contribution in [0.3, 0.4) is 0 Å². The van der Waals surface area contributed by atoms with E-state index in [0.717, 1.165) is 22.9 Å². The summed E-state index contributed by atoms with van der Waals surface area (Å²) in [5.74, 6) is 1.27. The molecular weight excluding hydrogens is 314 g/mol. The van der Waals surface area contributed by atoms with Crippen LogP contribution >= 0.6 is 11.6 Å². The van der Waals surface area contributed by atoms with Crippen molar-refractivity contribution in [3.8, 4) is 0 Å². The summed E-state index contributed by atoms with van der Waals surface area (Å²) in [5.41, 5.74) is 8.86. The van der Waals surface area contributed by atoms with E-state index >= 15 is 0 Å². The third-order valence-corrected chi connectivity index (χ3v) is 5.05. The number of carbonyl (C=O) groups excluding carboxylic acids is 1. The molecule has 1 amide bonds. The third kappa shape index (κ3) is 2.52. The fraction of sp³-hybridized carbons (Fsp3) is 0.375. The smallest absolute Gasteiger partial charge is 0.226 e. The van der Waals surface area contributed by atoms with E-state index in [9.17, 15) is 4.79 Å². The molecule has 0 spiro atoms. The van der Waals surface area contributed by atoms with Gasteiger partial charge >= 0.3 is 0 Å². The summed E-state index contributed by atoms with van der Waals surface area (Å²) in [7, 11) is 1.85. The minimum atomic E-state index is 0.0489.